The van der Waals surface area contributed by atoms with E-state index in [2.05, 4.69) is 26.8 Å². The first kappa shape index (κ1) is 11.2. The lowest BCUT2D eigenvalue weighted by Crippen LogP contribution is -2.49. The molecule has 0 spiro atoms. The molecule has 1 aromatic rings. The molecule has 1 aliphatic heterocycles. The highest BCUT2D eigenvalue weighted by molar-refractivity contribution is 5.02. The highest BCUT2D eigenvalue weighted by Crippen LogP contribution is 2.30. The summed E-state index contributed by atoms with van der Waals surface area (Å²) < 4.78 is 2.16. The molecule has 4 nitrogen and oxygen atoms in total. The van der Waals surface area contributed by atoms with Crippen LogP contribution in [-0.4, -0.2) is 40.6 Å². The van der Waals surface area contributed by atoms with Crippen molar-refractivity contribution in [2.75, 3.05) is 26.2 Å². The van der Waals surface area contributed by atoms with E-state index in [1.165, 1.54) is 31.6 Å². The number of nitrogens with one attached hydrogen (secondary N) is 1. The number of nitrogens with zero attached hydrogens (tertiary/aromatic N) is 3. The van der Waals surface area contributed by atoms with Crippen LogP contribution in [-0.2, 0) is 7.05 Å². The standard InChI is InChI=1S/C13H22N4/c1-16-7-6-15-13(16)12-9-14-5-8-17(12)10-11-3-2-4-11/h6-7,11-12,14H,2-5,8-10H2,1H3. The molecular formula is C13H22N4. The summed E-state index contributed by atoms with van der Waals surface area (Å²) in [6.45, 7) is 4.58. The molecule has 1 aromatic heterocycles. The molecule has 2 heterocycles. The third-order valence-electron chi connectivity index (χ3n) is 4.23. The van der Waals surface area contributed by atoms with Gasteiger partial charge in [0.05, 0.1) is 6.04 Å². The average Bonchev–Trinajstić information content (AvgIpc) is 2.70. The molecule has 3 rings (SSSR count). The van der Waals surface area contributed by atoms with Crippen LogP contribution in [0.4, 0.5) is 0 Å². The quantitative estimate of drug-likeness (QED) is 0.852. The Kier molecular flexibility index (Phi) is 3.16. The minimum atomic E-state index is 0.462. The summed E-state index contributed by atoms with van der Waals surface area (Å²) in [6, 6.07) is 0.462. The van der Waals surface area contributed by atoms with E-state index in [4.69, 9.17) is 0 Å². The van der Waals surface area contributed by atoms with Crippen LogP contribution in [0, 0.1) is 5.92 Å². The van der Waals surface area contributed by atoms with Crippen molar-refractivity contribution in [3.8, 4) is 0 Å². The second-order valence-electron chi connectivity index (χ2n) is 5.41. The van der Waals surface area contributed by atoms with Gasteiger partial charge in [0.25, 0.3) is 0 Å². The van der Waals surface area contributed by atoms with Crippen LogP contribution in [0.3, 0.4) is 0 Å². The van der Waals surface area contributed by atoms with Gasteiger partial charge >= 0.3 is 0 Å². The summed E-state index contributed by atoms with van der Waals surface area (Å²) in [5, 5.41) is 3.49. The van der Waals surface area contributed by atoms with Crippen molar-refractivity contribution < 1.29 is 0 Å². The first-order chi connectivity index (χ1) is 8.34. The zero-order valence-corrected chi connectivity index (χ0v) is 10.6. The van der Waals surface area contributed by atoms with Gasteiger partial charge < -0.3 is 9.88 Å². The Morgan fingerprint density at radius 2 is 2.35 bits per heavy atom. The molecule has 1 atom stereocenters. The van der Waals surface area contributed by atoms with E-state index in [-0.39, 0.29) is 0 Å². The number of imidazole rings is 1. The van der Waals surface area contributed by atoms with Crippen molar-refractivity contribution in [3.63, 3.8) is 0 Å². The Hall–Kier alpha value is -0.870. The number of rotatable bonds is 3. The Morgan fingerprint density at radius 1 is 1.47 bits per heavy atom. The van der Waals surface area contributed by atoms with Crippen molar-refractivity contribution in [2.45, 2.75) is 25.3 Å². The predicted octanol–water partition coefficient (Wildman–Crippen LogP) is 1.17. The largest absolute Gasteiger partial charge is 0.337 e. The second kappa shape index (κ2) is 4.78. The van der Waals surface area contributed by atoms with E-state index in [1.807, 2.05) is 12.4 Å². The molecule has 1 N–H and O–H groups in total. The minimum absolute atomic E-state index is 0.462. The number of hydrogen-bond acceptors (Lipinski definition) is 3. The molecule has 1 saturated heterocycles. The lowest BCUT2D eigenvalue weighted by molar-refractivity contribution is 0.104. The van der Waals surface area contributed by atoms with E-state index >= 15 is 0 Å². The molecule has 17 heavy (non-hydrogen) atoms. The van der Waals surface area contributed by atoms with Gasteiger partial charge in [-0.05, 0) is 18.8 Å². The molecule has 1 saturated carbocycles. The summed E-state index contributed by atoms with van der Waals surface area (Å²) in [5.74, 6) is 2.15. The maximum atomic E-state index is 4.52. The number of aromatic nitrogens is 2. The van der Waals surface area contributed by atoms with E-state index < -0.39 is 0 Å². The summed E-state index contributed by atoms with van der Waals surface area (Å²) in [5.41, 5.74) is 0. The van der Waals surface area contributed by atoms with Gasteiger partial charge in [-0.15, -0.1) is 0 Å². The van der Waals surface area contributed by atoms with Crippen LogP contribution in [0.2, 0.25) is 0 Å². The molecule has 0 radical (unpaired) electrons. The van der Waals surface area contributed by atoms with Gasteiger partial charge in [-0.1, -0.05) is 6.42 Å². The Labute approximate surface area is 103 Å². The summed E-state index contributed by atoms with van der Waals surface area (Å²) in [7, 11) is 2.10. The molecule has 1 unspecified atom stereocenters. The third-order valence-corrected chi connectivity index (χ3v) is 4.23. The smallest absolute Gasteiger partial charge is 0.127 e. The van der Waals surface area contributed by atoms with E-state index in [0.29, 0.717) is 6.04 Å². The first-order valence-electron chi connectivity index (χ1n) is 6.76. The fraction of sp³-hybridized carbons (Fsp3) is 0.769. The molecule has 0 amide bonds. The second-order valence-corrected chi connectivity index (χ2v) is 5.41. The van der Waals surface area contributed by atoms with Gasteiger partial charge in [0, 0.05) is 45.6 Å². The van der Waals surface area contributed by atoms with Crippen molar-refractivity contribution in [3.05, 3.63) is 18.2 Å². The number of hydrogen-bond donors (Lipinski definition) is 1. The third kappa shape index (κ3) is 2.24. The Morgan fingerprint density at radius 3 is 3.00 bits per heavy atom. The van der Waals surface area contributed by atoms with Gasteiger partial charge in [-0.3, -0.25) is 4.90 Å². The molecule has 2 fully saturated rings. The molecule has 0 aromatic carbocycles. The maximum Gasteiger partial charge on any atom is 0.127 e. The zero-order chi connectivity index (χ0) is 11.7. The summed E-state index contributed by atoms with van der Waals surface area (Å²) in [6.07, 6.45) is 8.25. The van der Waals surface area contributed by atoms with Crippen LogP contribution in [0.1, 0.15) is 31.1 Å². The van der Waals surface area contributed by atoms with Crippen LogP contribution >= 0.6 is 0 Å². The van der Waals surface area contributed by atoms with Gasteiger partial charge in [-0.2, -0.15) is 0 Å². The maximum absolute atomic E-state index is 4.52. The van der Waals surface area contributed by atoms with Crippen LogP contribution in [0.25, 0.3) is 0 Å². The predicted molar refractivity (Wildman–Crippen MR) is 67.7 cm³/mol. The Bertz CT molecular complexity index is 369. The summed E-state index contributed by atoms with van der Waals surface area (Å²) >= 11 is 0. The minimum Gasteiger partial charge on any atom is -0.337 e. The number of piperazine rings is 1. The first-order valence-corrected chi connectivity index (χ1v) is 6.76. The molecule has 4 heteroatoms. The van der Waals surface area contributed by atoms with Gasteiger partial charge in [0.15, 0.2) is 0 Å². The van der Waals surface area contributed by atoms with E-state index in [9.17, 15) is 0 Å². The normalized spacial score (nSPS) is 27.0. The molecule has 1 aliphatic carbocycles. The molecule has 2 aliphatic rings. The van der Waals surface area contributed by atoms with Crippen molar-refractivity contribution in [2.24, 2.45) is 13.0 Å². The highest BCUT2D eigenvalue weighted by Gasteiger charge is 2.30. The van der Waals surface area contributed by atoms with Gasteiger partial charge in [0.2, 0.25) is 0 Å². The van der Waals surface area contributed by atoms with Crippen molar-refractivity contribution in [1.29, 1.82) is 0 Å². The lowest BCUT2D eigenvalue weighted by Gasteiger charge is -2.40. The van der Waals surface area contributed by atoms with Crippen molar-refractivity contribution >= 4 is 0 Å². The Balaban J connectivity index is 1.72. The molecular weight excluding hydrogens is 212 g/mol. The number of aryl methyl sites for hydroxylation is 1. The fourth-order valence-corrected chi connectivity index (χ4v) is 2.92. The van der Waals surface area contributed by atoms with E-state index in [0.717, 1.165) is 25.6 Å². The topological polar surface area (TPSA) is 33.1 Å². The van der Waals surface area contributed by atoms with E-state index in [1.54, 1.807) is 0 Å². The molecule has 94 valence electrons. The van der Waals surface area contributed by atoms with Gasteiger partial charge in [-0.25, -0.2) is 4.98 Å². The molecule has 0 bridgehead atoms. The summed E-state index contributed by atoms with van der Waals surface area (Å²) in [4.78, 5) is 7.15. The van der Waals surface area contributed by atoms with Crippen LogP contribution in [0.15, 0.2) is 12.4 Å². The van der Waals surface area contributed by atoms with Crippen molar-refractivity contribution in [1.82, 2.24) is 19.8 Å². The van der Waals surface area contributed by atoms with Crippen LogP contribution < -0.4 is 5.32 Å². The van der Waals surface area contributed by atoms with Crippen LogP contribution in [0.5, 0.6) is 0 Å². The lowest BCUT2D eigenvalue weighted by atomic mass is 9.84. The highest BCUT2D eigenvalue weighted by atomic mass is 15.3. The fourth-order valence-electron chi connectivity index (χ4n) is 2.92. The monoisotopic (exact) mass is 234 g/mol. The SMILES string of the molecule is Cn1ccnc1C1CNCCN1CC1CCC1. The average molecular weight is 234 g/mol. The van der Waals surface area contributed by atoms with Gasteiger partial charge in [0.1, 0.15) is 5.82 Å². The zero-order valence-electron chi connectivity index (χ0n) is 10.6.